The van der Waals surface area contributed by atoms with Crippen LogP contribution in [0, 0.1) is 12.7 Å². The highest BCUT2D eigenvalue weighted by Crippen LogP contribution is 2.30. The van der Waals surface area contributed by atoms with Crippen molar-refractivity contribution < 1.29 is 4.39 Å². The summed E-state index contributed by atoms with van der Waals surface area (Å²) in [5, 5.41) is 6.20. The number of hydrogen-bond donors (Lipinski definition) is 2. The predicted molar refractivity (Wildman–Crippen MR) is 48.1 cm³/mol. The molecule has 2 N–H and O–H groups in total. The largest absolute Gasteiger partial charge is 0.381 e. The molecule has 2 nitrogen and oxygen atoms in total. The minimum Gasteiger partial charge on any atom is -0.381 e. The van der Waals surface area contributed by atoms with Crippen molar-refractivity contribution in [2.24, 2.45) is 0 Å². The first-order chi connectivity index (χ1) is 5.79. The summed E-state index contributed by atoms with van der Waals surface area (Å²) < 4.78 is 13.1. The molecule has 0 aromatic heterocycles. The molecular weight excluding hydrogens is 155 g/mol. The molecule has 1 aliphatic heterocycles. The summed E-state index contributed by atoms with van der Waals surface area (Å²) >= 11 is 0. The van der Waals surface area contributed by atoms with Crippen molar-refractivity contribution in [1.82, 2.24) is 0 Å². The smallest absolute Gasteiger partial charge is 0.148 e. The summed E-state index contributed by atoms with van der Waals surface area (Å²) in [6, 6.07) is 3.28. The predicted octanol–water partition coefficient (Wildman–Crippen LogP) is 1.97. The van der Waals surface area contributed by atoms with Crippen molar-refractivity contribution in [2.75, 3.05) is 23.7 Å². The summed E-state index contributed by atoms with van der Waals surface area (Å²) in [6.07, 6.45) is 0. The van der Waals surface area contributed by atoms with Crippen LogP contribution in [0.1, 0.15) is 5.56 Å². The molecule has 0 saturated heterocycles. The van der Waals surface area contributed by atoms with Crippen LogP contribution >= 0.6 is 0 Å². The van der Waals surface area contributed by atoms with Gasteiger partial charge in [0, 0.05) is 13.1 Å². The molecule has 64 valence electrons. The van der Waals surface area contributed by atoms with Gasteiger partial charge in [-0.3, -0.25) is 0 Å². The van der Waals surface area contributed by atoms with E-state index >= 15 is 0 Å². The van der Waals surface area contributed by atoms with Gasteiger partial charge in [-0.15, -0.1) is 0 Å². The molecule has 2 rings (SSSR count). The van der Waals surface area contributed by atoms with Gasteiger partial charge in [-0.1, -0.05) is 6.07 Å². The van der Waals surface area contributed by atoms with Gasteiger partial charge in [-0.25, -0.2) is 4.39 Å². The average Bonchev–Trinajstić information content (AvgIpc) is 2.12. The molecule has 0 fully saturated rings. The highest BCUT2D eigenvalue weighted by molar-refractivity contribution is 5.74. The second kappa shape index (κ2) is 2.66. The molecule has 12 heavy (non-hydrogen) atoms. The topological polar surface area (TPSA) is 24.1 Å². The van der Waals surface area contributed by atoms with Crippen LogP contribution in [0.15, 0.2) is 12.1 Å². The van der Waals surface area contributed by atoms with E-state index in [1.165, 1.54) is 6.07 Å². The number of anilines is 2. The van der Waals surface area contributed by atoms with Crippen molar-refractivity contribution in [3.8, 4) is 0 Å². The molecule has 1 aromatic rings. The fourth-order valence-electron chi connectivity index (χ4n) is 1.46. The molecule has 0 radical (unpaired) electrons. The van der Waals surface area contributed by atoms with Gasteiger partial charge in [0.05, 0.1) is 11.4 Å². The van der Waals surface area contributed by atoms with E-state index in [0.29, 0.717) is 5.69 Å². The van der Waals surface area contributed by atoms with Crippen LogP contribution < -0.4 is 10.6 Å². The zero-order valence-electron chi connectivity index (χ0n) is 6.95. The van der Waals surface area contributed by atoms with E-state index < -0.39 is 0 Å². The Morgan fingerprint density at radius 1 is 1.17 bits per heavy atom. The monoisotopic (exact) mass is 166 g/mol. The van der Waals surface area contributed by atoms with Gasteiger partial charge in [-0.05, 0) is 18.6 Å². The Labute approximate surface area is 70.8 Å². The summed E-state index contributed by atoms with van der Waals surface area (Å²) in [5.41, 5.74) is 2.60. The molecule has 3 heteroatoms. The van der Waals surface area contributed by atoms with Crippen molar-refractivity contribution >= 4 is 11.4 Å². The summed E-state index contributed by atoms with van der Waals surface area (Å²) in [5.74, 6) is -0.178. The number of fused-ring (bicyclic) bond motifs is 1. The van der Waals surface area contributed by atoms with Crippen LogP contribution in [0.3, 0.4) is 0 Å². The van der Waals surface area contributed by atoms with Crippen LogP contribution in [0.2, 0.25) is 0 Å². The first-order valence-electron chi connectivity index (χ1n) is 4.06. The van der Waals surface area contributed by atoms with E-state index in [1.54, 1.807) is 6.07 Å². The first-order valence-corrected chi connectivity index (χ1v) is 4.06. The minimum absolute atomic E-state index is 0.178. The number of nitrogens with one attached hydrogen (secondary N) is 2. The molecule has 0 atom stereocenters. The number of hydrogen-bond acceptors (Lipinski definition) is 2. The Morgan fingerprint density at radius 2 is 1.83 bits per heavy atom. The van der Waals surface area contributed by atoms with Gasteiger partial charge >= 0.3 is 0 Å². The van der Waals surface area contributed by atoms with Crippen molar-refractivity contribution in [2.45, 2.75) is 6.92 Å². The van der Waals surface area contributed by atoms with E-state index in [-0.39, 0.29) is 5.82 Å². The average molecular weight is 166 g/mol. The maximum Gasteiger partial charge on any atom is 0.148 e. The fraction of sp³-hybridized carbons (Fsp3) is 0.333. The number of aryl methyl sites for hydroxylation is 1. The normalized spacial score (nSPS) is 14.5. The van der Waals surface area contributed by atoms with Crippen molar-refractivity contribution in [3.05, 3.63) is 23.5 Å². The van der Waals surface area contributed by atoms with Crippen molar-refractivity contribution in [3.63, 3.8) is 0 Å². The van der Waals surface area contributed by atoms with Gasteiger partial charge in [-0.2, -0.15) is 0 Å². The Hall–Kier alpha value is -1.25. The Kier molecular flexibility index (Phi) is 1.64. The lowest BCUT2D eigenvalue weighted by atomic mass is 10.1. The Bertz CT molecular complexity index is 279. The Morgan fingerprint density at radius 3 is 2.50 bits per heavy atom. The van der Waals surface area contributed by atoms with Crippen LogP contribution in [0.25, 0.3) is 0 Å². The number of rotatable bonds is 0. The third kappa shape index (κ3) is 1.02. The third-order valence-electron chi connectivity index (χ3n) is 2.09. The second-order valence-electron chi connectivity index (χ2n) is 2.97. The summed E-state index contributed by atoms with van der Waals surface area (Å²) in [7, 11) is 0. The van der Waals surface area contributed by atoms with Gasteiger partial charge in [0.1, 0.15) is 5.82 Å². The van der Waals surface area contributed by atoms with Gasteiger partial charge in [0.15, 0.2) is 0 Å². The maximum absolute atomic E-state index is 13.1. The maximum atomic E-state index is 13.1. The molecule has 0 spiro atoms. The molecule has 0 unspecified atom stereocenters. The molecule has 0 saturated carbocycles. The fourth-order valence-corrected chi connectivity index (χ4v) is 1.46. The summed E-state index contributed by atoms with van der Waals surface area (Å²) in [4.78, 5) is 0. The highest BCUT2D eigenvalue weighted by Gasteiger charge is 2.13. The molecular formula is C9H11FN2. The first kappa shape index (κ1) is 7.40. The molecule has 0 bridgehead atoms. The van der Waals surface area contributed by atoms with Gasteiger partial charge in [0.2, 0.25) is 0 Å². The number of benzene rings is 1. The lowest BCUT2D eigenvalue weighted by Gasteiger charge is -2.21. The molecule has 0 aliphatic carbocycles. The van der Waals surface area contributed by atoms with Crippen LogP contribution in [0.5, 0.6) is 0 Å². The van der Waals surface area contributed by atoms with Gasteiger partial charge < -0.3 is 10.6 Å². The second-order valence-corrected chi connectivity index (χ2v) is 2.97. The Balaban J connectivity index is 2.57. The van der Waals surface area contributed by atoms with Crippen LogP contribution in [0.4, 0.5) is 15.8 Å². The van der Waals surface area contributed by atoms with Crippen LogP contribution in [-0.4, -0.2) is 13.1 Å². The molecule has 1 heterocycles. The van der Waals surface area contributed by atoms with Crippen molar-refractivity contribution in [1.29, 1.82) is 0 Å². The van der Waals surface area contributed by atoms with Gasteiger partial charge in [0.25, 0.3) is 0 Å². The lowest BCUT2D eigenvalue weighted by Crippen LogP contribution is -2.22. The van der Waals surface area contributed by atoms with E-state index in [9.17, 15) is 4.39 Å². The third-order valence-corrected chi connectivity index (χ3v) is 2.09. The zero-order chi connectivity index (χ0) is 8.55. The molecule has 1 aromatic carbocycles. The molecule has 0 amide bonds. The lowest BCUT2D eigenvalue weighted by molar-refractivity contribution is 0.629. The quantitative estimate of drug-likeness (QED) is 0.615. The standard InChI is InChI=1S/C9H11FN2/c1-6-2-3-7(10)9-8(6)11-4-5-12-9/h2-3,11-12H,4-5H2,1H3. The highest BCUT2D eigenvalue weighted by atomic mass is 19.1. The van der Waals surface area contributed by atoms with E-state index in [0.717, 1.165) is 24.3 Å². The minimum atomic E-state index is -0.178. The molecule has 1 aliphatic rings. The van der Waals surface area contributed by atoms with E-state index in [2.05, 4.69) is 10.6 Å². The zero-order valence-corrected chi connectivity index (χ0v) is 6.95. The van der Waals surface area contributed by atoms with E-state index in [4.69, 9.17) is 0 Å². The SMILES string of the molecule is Cc1ccc(F)c2c1NCCN2. The summed E-state index contributed by atoms with van der Waals surface area (Å²) in [6.45, 7) is 3.61. The number of halogens is 1. The van der Waals surface area contributed by atoms with Crippen LogP contribution in [-0.2, 0) is 0 Å². The van der Waals surface area contributed by atoms with E-state index in [1.807, 2.05) is 6.92 Å².